The predicted octanol–water partition coefficient (Wildman–Crippen LogP) is 2.59. The van der Waals surface area contributed by atoms with Crippen LogP contribution in [0, 0.1) is 6.92 Å². The van der Waals surface area contributed by atoms with E-state index in [2.05, 4.69) is 29.1 Å². The zero-order valence-electron chi connectivity index (χ0n) is 15.6. The van der Waals surface area contributed by atoms with Crippen molar-refractivity contribution in [2.45, 2.75) is 6.92 Å². The van der Waals surface area contributed by atoms with Crippen molar-refractivity contribution >= 4 is 23.0 Å². The smallest absolute Gasteiger partial charge is 0.259 e. The van der Waals surface area contributed by atoms with Gasteiger partial charge in [0.05, 0.1) is 24.0 Å². The van der Waals surface area contributed by atoms with Crippen molar-refractivity contribution in [3.8, 4) is 5.75 Å². The van der Waals surface area contributed by atoms with Crippen LogP contribution in [0.2, 0.25) is 0 Å². The lowest BCUT2D eigenvalue weighted by Gasteiger charge is -2.35. The number of nitrogen functional groups attached to an aromatic ring is 1. The number of anilines is 3. The molecule has 0 bridgehead atoms. The SMILES string of the molecule is COc1ccccc1C(=O)Nc1cc(N2CCN(C)CC2)c(C)cc1N. The van der Waals surface area contributed by atoms with E-state index in [4.69, 9.17) is 10.5 Å². The van der Waals surface area contributed by atoms with E-state index in [1.165, 1.54) is 0 Å². The first kappa shape index (κ1) is 18.1. The van der Waals surface area contributed by atoms with Gasteiger partial charge >= 0.3 is 0 Å². The first-order valence-electron chi connectivity index (χ1n) is 8.77. The molecule has 2 aromatic carbocycles. The number of methoxy groups -OCH3 is 1. The number of amides is 1. The van der Waals surface area contributed by atoms with Gasteiger partial charge < -0.3 is 25.6 Å². The van der Waals surface area contributed by atoms with Crippen LogP contribution < -0.4 is 20.7 Å². The number of hydrogen-bond acceptors (Lipinski definition) is 5. The van der Waals surface area contributed by atoms with Crippen LogP contribution in [0.3, 0.4) is 0 Å². The fraction of sp³-hybridized carbons (Fsp3) is 0.350. The summed E-state index contributed by atoms with van der Waals surface area (Å²) in [6.45, 7) is 6.01. The summed E-state index contributed by atoms with van der Waals surface area (Å²) in [6.07, 6.45) is 0. The van der Waals surface area contributed by atoms with Gasteiger partial charge in [0.25, 0.3) is 5.91 Å². The molecule has 2 aromatic rings. The topological polar surface area (TPSA) is 70.8 Å². The minimum absolute atomic E-state index is 0.234. The first-order chi connectivity index (χ1) is 12.5. The molecule has 1 heterocycles. The van der Waals surface area contributed by atoms with Crippen LogP contribution in [0.5, 0.6) is 5.75 Å². The van der Waals surface area contributed by atoms with Gasteiger partial charge in [0.1, 0.15) is 5.75 Å². The number of nitrogens with two attached hydrogens (primary N) is 1. The maximum atomic E-state index is 12.7. The molecule has 0 spiro atoms. The number of carbonyl (C=O) groups is 1. The van der Waals surface area contributed by atoms with Gasteiger partial charge in [-0.15, -0.1) is 0 Å². The summed E-state index contributed by atoms with van der Waals surface area (Å²) >= 11 is 0. The lowest BCUT2D eigenvalue weighted by molar-refractivity contribution is 0.102. The Morgan fingerprint density at radius 1 is 1.15 bits per heavy atom. The summed E-state index contributed by atoms with van der Waals surface area (Å²) < 4.78 is 5.28. The van der Waals surface area contributed by atoms with Crippen LogP contribution in [-0.2, 0) is 0 Å². The van der Waals surface area contributed by atoms with Gasteiger partial charge in [0.2, 0.25) is 0 Å². The van der Waals surface area contributed by atoms with Crippen LogP contribution >= 0.6 is 0 Å². The van der Waals surface area contributed by atoms with Gasteiger partial charge in [-0.1, -0.05) is 12.1 Å². The van der Waals surface area contributed by atoms with Crippen molar-refractivity contribution < 1.29 is 9.53 Å². The Morgan fingerprint density at radius 2 is 1.85 bits per heavy atom. The molecule has 138 valence electrons. The summed E-state index contributed by atoms with van der Waals surface area (Å²) in [6, 6.07) is 11.0. The Labute approximate surface area is 154 Å². The lowest BCUT2D eigenvalue weighted by atomic mass is 10.1. The number of nitrogens with zero attached hydrogens (tertiary/aromatic N) is 2. The third-order valence-electron chi connectivity index (χ3n) is 4.81. The molecule has 1 amide bonds. The molecule has 3 rings (SSSR count). The standard InChI is InChI=1S/C20H26N4O2/c1-14-12-16(21)17(13-18(14)24-10-8-23(2)9-11-24)22-20(25)15-6-4-5-7-19(15)26-3/h4-7,12-13H,8-11,21H2,1-3H3,(H,22,25). The molecule has 1 saturated heterocycles. The number of para-hydroxylation sites is 1. The van der Waals surface area contributed by atoms with E-state index >= 15 is 0 Å². The Balaban J connectivity index is 1.86. The average molecular weight is 354 g/mol. The van der Waals surface area contributed by atoms with E-state index in [1.54, 1.807) is 19.2 Å². The quantitative estimate of drug-likeness (QED) is 0.826. The molecule has 6 heteroatoms. The second-order valence-electron chi connectivity index (χ2n) is 6.67. The Hall–Kier alpha value is -2.73. The monoisotopic (exact) mass is 354 g/mol. The second-order valence-corrected chi connectivity index (χ2v) is 6.67. The van der Waals surface area contributed by atoms with Gasteiger partial charge in [-0.3, -0.25) is 4.79 Å². The highest BCUT2D eigenvalue weighted by Crippen LogP contribution is 2.31. The zero-order chi connectivity index (χ0) is 18.7. The van der Waals surface area contributed by atoms with E-state index in [0.717, 1.165) is 37.4 Å². The number of benzene rings is 2. The largest absolute Gasteiger partial charge is 0.496 e. The molecular weight excluding hydrogens is 328 g/mol. The number of aryl methyl sites for hydroxylation is 1. The van der Waals surface area contributed by atoms with Gasteiger partial charge in [0, 0.05) is 31.9 Å². The molecule has 1 aliphatic rings. The Morgan fingerprint density at radius 3 is 2.54 bits per heavy atom. The minimum Gasteiger partial charge on any atom is -0.496 e. The van der Waals surface area contributed by atoms with Crippen molar-refractivity contribution in [2.24, 2.45) is 0 Å². The van der Waals surface area contributed by atoms with E-state index in [9.17, 15) is 4.79 Å². The first-order valence-corrected chi connectivity index (χ1v) is 8.77. The van der Waals surface area contributed by atoms with Gasteiger partial charge in [0.15, 0.2) is 0 Å². The molecule has 3 N–H and O–H groups in total. The summed E-state index contributed by atoms with van der Waals surface area (Å²) in [5.74, 6) is 0.303. The number of carbonyl (C=O) groups excluding carboxylic acids is 1. The predicted molar refractivity (Wildman–Crippen MR) is 106 cm³/mol. The molecule has 0 atom stereocenters. The maximum absolute atomic E-state index is 12.7. The zero-order valence-corrected chi connectivity index (χ0v) is 15.6. The second kappa shape index (κ2) is 7.66. The fourth-order valence-corrected chi connectivity index (χ4v) is 3.24. The summed E-state index contributed by atoms with van der Waals surface area (Å²) in [4.78, 5) is 17.3. The highest BCUT2D eigenvalue weighted by Gasteiger charge is 2.19. The van der Waals surface area contributed by atoms with Gasteiger partial charge in [-0.2, -0.15) is 0 Å². The molecule has 1 fully saturated rings. The normalized spacial score (nSPS) is 15.0. The molecule has 0 radical (unpaired) electrons. The molecule has 6 nitrogen and oxygen atoms in total. The molecule has 1 aliphatic heterocycles. The number of piperazine rings is 1. The minimum atomic E-state index is -0.234. The number of nitrogens with one attached hydrogen (secondary N) is 1. The van der Waals surface area contributed by atoms with E-state index < -0.39 is 0 Å². The van der Waals surface area contributed by atoms with Crippen molar-refractivity contribution in [3.05, 3.63) is 47.5 Å². The number of likely N-dealkylation sites (N-methyl/N-ethyl adjacent to an activating group) is 1. The van der Waals surface area contributed by atoms with E-state index in [-0.39, 0.29) is 5.91 Å². The average Bonchev–Trinajstić information content (AvgIpc) is 2.64. The van der Waals surface area contributed by atoms with Crippen LogP contribution in [0.25, 0.3) is 0 Å². The van der Waals surface area contributed by atoms with E-state index in [1.807, 2.05) is 24.3 Å². The summed E-state index contributed by atoms with van der Waals surface area (Å²) in [7, 11) is 3.68. The molecule has 0 aromatic heterocycles. The molecule has 0 aliphatic carbocycles. The van der Waals surface area contributed by atoms with Crippen LogP contribution in [0.4, 0.5) is 17.1 Å². The lowest BCUT2D eigenvalue weighted by Crippen LogP contribution is -2.44. The summed E-state index contributed by atoms with van der Waals surface area (Å²) in [5, 5.41) is 2.94. The Bertz CT molecular complexity index is 798. The van der Waals surface area contributed by atoms with Crippen LogP contribution in [0.1, 0.15) is 15.9 Å². The van der Waals surface area contributed by atoms with E-state index in [0.29, 0.717) is 22.7 Å². The number of rotatable bonds is 4. The van der Waals surface area contributed by atoms with Gasteiger partial charge in [-0.25, -0.2) is 0 Å². The van der Waals surface area contributed by atoms with Crippen molar-refractivity contribution in [3.63, 3.8) is 0 Å². The van der Waals surface area contributed by atoms with Crippen molar-refractivity contribution in [1.29, 1.82) is 0 Å². The molecule has 26 heavy (non-hydrogen) atoms. The van der Waals surface area contributed by atoms with Gasteiger partial charge in [-0.05, 0) is 43.8 Å². The Kier molecular flexibility index (Phi) is 5.32. The molecular formula is C20H26N4O2. The van der Waals surface area contributed by atoms with Crippen LogP contribution in [0.15, 0.2) is 36.4 Å². The third kappa shape index (κ3) is 3.75. The number of ether oxygens (including phenoxy) is 1. The summed E-state index contributed by atoms with van der Waals surface area (Å²) in [5.41, 5.74) is 10.1. The third-order valence-corrected chi connectivity index (χ3v) is 4.81. The highest BCUT2D eigenvalue weighted by atomic mass is 16.5. The molecule has 0 unspecified atom stereocenters. The molecule has 0 saturated carbocycles. The highest BCUT2D eigenvalue weighted by molar-refractivity contribution is 6.07. The number of hydrogen-bond donors (Lipinski definition) is 2. The van der Waals surface area contributed by atoms with Crippen LogP contribution in [-0.4, -0.2) is 51.1 Å². The van der Waals surface area contributed by atoms with Crippen molar-refractivity contribution in [2.75, 3.05) is 56.3 Å². The fourth-order valence-electron chi connectivity index (χ4n) is 3.24. The maximum Gasteiger partial charge on any atom is 0.259 e. The van der Waals surface area contributed by atoms with Crippen molar-refractivity contribution in [1.82, 2.24) is 4.90 Å².